The van der Waals surface area contributed by atoms with E-state index < -0.39 is 5.91 Å². The predicted molar refractivity (Wildman–Crippen MR) is 112 cm³/mol. The van der Waals surface area contributed by atoms with Crippen molar-refractivity contribution < 1.29 is 14.3 Å². The molecule has 1 unspecified atom stereocenters. The van der Waals surface area contributed by atoms with Crippen molar-refractivity contribution in [1.29, 1.82) is 0 Å². The van der Waals surface area contributed by atoms with Gasteiger partial charge in [0.05, 0.1) is 18.8 Å². The average molecular weight is 389 g/mol. The number of pyridine rings is 1. The number of carbonyl (C=O) groups is 2. The smallest absolute Gasteiger partial charge is 0.274 e. The highest BCUT2D eigenvalue weighted by Gasteiger charge is 2.16. The SMILES string of the molecule is COc1ccc(C)cc1NC(=O)c1cccc(C(=O)NC(C)c2ccccc2)n1. The largest absolute Gasteiger partial charge is 0.495 e. The Balaban J connectivity index is 1.74. The van der Waals surface area contributed by atoms with Crippen LogP contribution in [-0.2, 0) is 0 Å². The molecule has 0 bridgehead atoms. The Bertz CT molecular complexity index is 1020. The van der Waals surface area contributed by atoms with E-state index in [4.69, 9.17) is 4.74 Å². The summed E-state index contributed by atoms with van der Waals surface area (Å²) in [6.45, 7) is 3.82. The summed E-state index contributed by atoms with van der Waals surface area (Å²) >= 11 is 0. The minimum Gasteiger partial charge on any atom is -0.495 e. The summed E-state index contributed by atoms with van der Waals surface area (Å²) in [4.78, 5) is 29.5. The Kier molecular flexibility index (Phi) is 6.24. The average Bonchev–Trinajstić information content (AvgIpc) is 2.74. The first kappa shape index (κ1) is 20.1. The van der Waals surface area contributed by atoms with Crippen molar-refractivity contribution in [3.8, 4) is 5.75 Å². The van der Waals surface area contributed by atoms with E-state index >= 15 is 0 Å². The van der Waals surface area contributed by atoms with Gasteiger partial charge in [-0.25, -0.2) is 4.98 Å². The van der Waals surface area contributed by atoms with Crippen molar-refractivity contribution in [2.24, 2.45) is 0 Å². The number of benzene rings is 2. The van der Waals surface area contributed by atoms with Crippen LogP contribution in [0.1, 0.15) is 45.1 Å². The molecule has 3 rings (SSSR count). The van der Waals surface area contributed by atoms with E-state index in [1.807, 2.05) is 56.3 Å². The zero-order valence-corrected chi connectivity index (χ0v) is 16.6. The zero-order valence-electron chi connectivity index (χ0n) is 16.6. The number of aryl methyl sites for hydroxylation is 1. The van der Waals surface area contributed by atoms with Gasteiger partial charge in [-0.1, -0.05) is 42.5 Å². The number of anilines is 1. The third kappa shape index (κ3) is 4.99. The maximum atomic E-state index is 12.7. The fourth-order valence-electron chi connectivity index (χ4n) is 2.89. The third-order valence-electron chi connectivity index (χ3n) is 4.46. The van der Waals surface area contributed by atoms with Gasteiger partial charge in [0, 0.05) is 0 Å². The molecule has 6 nitrogen and oxygen atoms in total. The third-order valence-corrected chi connectivity index (χ3v) is 4.46. The summed E-state index contributed by atoms with van der Waals surface area (Å²) in [5.74, 6) is -0.210. The molecule has 1 atom stereocenters. The van der Waals surface area contributed by atoms with Crippen LogP contribution in [-0.4, -0.2) is 23.9 Å². The zero-order chi connectivity index (χ0) is 20.8. The minimum atomic E-state index is -0.417. The number of aromatic nitrogens is 1. The van der Waals surface area contributed by atoms with Gasteiger partial charge < -0.3 is 15.4 Å². The van der Waals surface area contributed by atoms with Gasteiger partial charge in [-0.3, -0.25) is 9.59 Å². The Morgan fingerprint density at radius 2 is 1.62 bits per heavy atom. The lowest BCUT2D eigenvalue weighted by molar-refractivity contribution is 0.0934. The predicted octanol–water partition coefficient (Wildman–Crippen LogP) is 4.14. The molecule has 2 aromatic carbocycles. The number of rotatable bonds is 6. The Morgan fingerprint density at radius 1 is 0.931 bits per heavy atom. The van der Waals surface area contributed by atoms with Gasteiger partial charge >= 0.3 is 0 Å². The van der Waals surface area contributed by atoms with E-state index in [2.05, 4.69) is 15.6 Å². The van der Waals surface area contributed by atoms with Crippen LogP contribution in [0.3, 0.4) is 0 Å². The van der Waals surface area contributed by atoms with Crippen molar-refractivity contribution in [3.05, 3.63) is 89.2 Å². The Hall–Kier alpha value is -3.67. The number of amides is 2. The van der Waals surface area contributed by atoms with E-state index in [1.165, 1.54) is 7.11 Å². The molecule has 1 aromatic heterocycles. The Labute approximate surface area is 169 Å². The number of nitrogens with one attached hydrogen (secondary N) is 2. The van der Waals surface area contributed by atoms with Crippen LogP contribution in [0, 0.1) is 6.92 Å². The molecule has 2 amide bonds. The summed E-state index contributed by atoms with van der Waals surface area (Å²) in [5, 5.41) is 5.69. The standard InChI is InChI=1S/C23H23N3O3/c1-15-12-13-21(29-3)20(14-15)26-23(28)19-11-7-10-18(25-19)22(27)24-16(2)17-8-5-4-6-9-17/h4-14,16H,1-3H3,(H,24,27)(H,26,28). The van der Waals surface area contributed by atoms with Gasteiger partial charge in [0.2, 0.25) is 0 Å². The van der Waals surface area contributed by atoms with E-state index in [-0.39, 0.29) is 23.3 Å². The maximum absolute atomic E-state index is 12.7. The van der Waals surface area contributed by atoms with Crippen LogP contribution >= 0.6 is 0 Å². The monoisotopic (exact) mass is 389 g/mol. The topological polar surface area (TPSA) is 80.3 Å². The first-order valence-corrected chi connectivity index (χ1v) is 9.27. The molecular weight excluding hydrogens is 366 g/mol. The van der Waals surface area contributed by atoms with Crippen LogP contribution in [0.25, 0.3) is 0 Å². The van der Waals surface area contributed by atoms with Crippen molar-refractivity contribution >= 4 is 17.5 Å². The minimum absolute atomic E-state index is 0.147. The first-order chi connectivity index (χ1) is 14.0. The van der Waals surface area contributed by atoms with Gasteiger partial charge in [0.15, 0.2) is 0 Å². The number of hydrogen-bond donors (Lipinski definition) is 2. The van der Waals surface area contributed by atoms with E-state index in [0.29, 0.717) is 11.4 Å². The number of hydrogen-bond acceptors (Lipinski definition) is 4. The van der Waals surface area contributed by atoms with Gasteiger partial charge in [-0.05, 0) is 49.2 Å². The van der Waals surface area contributed by atoms with Crippen molar-refractivity contribution in [2.75, 3.05) is 12.4 Å². The number of methoxy groups -OCH3 is 1. The summed E-state index contributed by atoms with van der Waals surface area (Å²) in [6, 6.07) is 19.7. The first-order valence-electron chi connectivity index (χ1n) is 9.27. The van der Waals surface area contributed by atoms with Crippen molar-refractivity contribution in [2.45, 2.75) is 19.9 Å². The van der Waals surface area contributed by atoms with Crippen LogP contribution < -0.4 is 15.4 Å². The number of nitrogens with zero attached hydrogens (tertiary/aromatic N) is 1. The van der Waals surface area contributed by atoms with Gasteiger partial charge in [-0.2, -0.15) is 0 Å². The van der Waals surface area contributed by atoms with Crippen molar-refractivity contribution in [3.63, 3.8) is 0 Å². The molecule has 0 aliphatic rings. The normalized spacial score (nSPS) is 11.4. The fraction of sp³-hybridized carbons (Fsp3) is 0.174. The lowest BCUT2D eigenvalue weighted by atomic mass is 10.1. The van der Waals surface area contributed by atoms with Crippen molar-refractivity contribution in [1.82, 2.24) is 10.3 Å². The van der Waals surface area contributed by atoms with Crippen LogP contribution in [0.2, 0.25) is 0 Å². The highest BCUT2D eigenvalue weighted by Crippen LogP contribution is 2.25. The second-order valence-corrected chi connectivity index (χ2v) is 6.67. The Morgan fingerprint density at radius 3 is 2.31 bits per heavy atom. The summed E-state index contributed by atoms with van der Waals surface area (Å²) in [6.07, 6.45) is 0. The highest BCUT2D eigenvalue weighted by molar-refractivity contribution is 6.04. The second-order valence-electron chi connectivity index (χ2n) is 6.67. The summed E-state index contributed by atoms with van der Waals surface area (Å²) in [7, 11) is 1.54. The molecule has 1 heterocycles. The molecule has 148 valence electrons. The number of ether oxygens (including phenoxy) is 1. The van der Waals surface area contributed by atoms with Gasteiger partial charge in [0.1, 0.15) is 17.1 Å². The molecule has 3 aromatic rings. The molecule has 2 N–H and O–H groups in total. The second kappa shape index (κ2) is 9.01. The van der Waals surface area contributed by atoms with Gasteiger partial charge in [-0.15, -0.1) is 0 Å². The summed E-state index contributed by atoms with van der Waals surface area (Å²) < 4.78 is 5.29. The summed E-state index contributed by atoms with van der Waals surface area (Å²) in [5.41, 5.74) is 2.84. The van der Waals surface area contributed by atoms with E-state index in [1.54, 1.807) is 24.3 Å². The molecule has 6 heteroatoms. The molecule has 0 radical (unpaired) electrons. The molecular formula is C23H23N3O3. The van der Waals surface area contributed by atoms with Crippen LogP contribution in [0.5, 0.6) is 5.75 Å². The number of carbonyl (C=O) groups excluding carboxylic acids is 2. The molecule has 0 aliphatic carbocycles. The highest BCUT2D eigenvalue weighted by atomic mass is 16.5. The lowest BCUT2D eigenvalue weighted by Gasteiger charge is -2.14. The molecule has 0 saturated carbocycles. The lowest BCUT2D eigenvalue weighted by Crippen LogP contribution is -2.28. The molecule has 0 saturated heterocycles. The quantitative estimate of drug-likeness (QED) is 0.664. The van der Waals surface area contributed by atoms with Crippen LogP contribution in [0.4, 0.5) is 5.69 Å². The van der Waals surface area contributed by atoms with Crippen LogP contribution in [0.15, 0.2) is 66.7 Å². The van der Waals surface area contributed by atoms with Gasteiger partial charge in [0.25, 0.3) is 11.8 Å². The van der Waals surface area contributed by atoms with E-state index in [9.17, 15) is 9.59 Å². The maximum Gasteiger partial charge on any atom is 0.274 e. The molecule has 29 heavy (non-hydrogen) atoms. The molecule has 0 aliphatic heterocycles. The molecule has 0 fully saturated rings. The van der Waals surface area contributed by atoms with E-state index in [0.717, 1.165) is 11.1 Å². The molecule has 0 spiro atoms. The fourth-order valence-corrected chi connectivity index (χ4v) is 2.89.